The fraction of sp³-hybridized carbons (Fsp3) is 0.500. The van der Waals surface area contributed by atoms with Crippen molar-refractivity contribution in [2.75, 3.05) is 7.05 Å². The fourth-order valence-corrected chi connectivity index (χ4v) is 2.39. The summed E-state index contributed by atoms with van der Waals surface area (Å²) in [6.45, 7) is 4.36. The third kappa shape index (κ3) is 2.87. The summed E-state index contributed by atoms with van der Waals surface area (Å²) in [5, 5.41) is 4.76. The smallest absolute Gasteiger partial charge is 0.0468 e. The van der Waals surface area contributed by atoms with Crippen LogP contribution in [0.4, 0.5) is 0 Å². The minimum atomic E-state index is 0.219. The summed E-state index contributed by atoms with van der Waals surface area (Å²) in [5.74, 6) is 0.507. The Bertz CT molecular complexity index is 305. The molecule has 15 heavy (non-hydrogen) atoms. The normalized spacial score (nSPS) is 15.0. The van der Waals surface area contributed by atoms with Crippen LogP contribution in [0.25, 0.3) is 0 Å². The third-order valence-electron chi connectivity index (χ3n) is 2.83. The maximum Gasteiger partial charge on any atom is 0.0468 e. The summed E-state index contributed by atoms with van der Waals surface area (Å²) < 4.78 is 0. The summed E-state index contributed by atoms with van der Waals surface area (Å²) in [7, 11) is 1.94. The molecule has 0 aliphatic carbocycles. The van der Waals surface area contributed by atoms with Gasteiger partial charge in [0.2, 0.25) is 0 Å². The number of hydrogen-bond acceptors (Lipinski definition) is 1. The predicted molar refractivity (Wildman–Crippen MR) is 67.7 cm³/mol. The van der Waals surface area contributed by atoms with Gasteiger partial charge in [-0.2, -0.15) is 0 Å². The second kappa shape index (κ2) is 5.74. The molecule has 0 radical (unpaired) electrons. The van der Waals surface area contributed by atoms with E-state index in [2.05, 4.69) is 19.2 Å². The van der Waals surface area contributed by atoms with Crippen molar-refractivity contribution < 1.29 is 0 Å². The Balaban J connectivity index is 3.11. The van der Waals surface area contributed by atoms with Crippen molar-refractivity contribution in [2.24, 2.45) is 5.92 Å². The van der Waals surface area contributed by atoms with Crippen molar-refractivity contribution in [3.63, 3.8) is 0 Å². The molecule has 1 nitrogen and oxygen atoms in total. The van der Waals surface area contributed by atoms with Crippen molar-refractivity contribution >= 4 is 23.2 Å². The minimum Gasteiger partial charge on any atom is -0.313 e. The predicted octanol–water partition coefficient (Wildman–Crippen LogP) is 4.30. The summed E-state index contributed by atoms with van der Waals surface area (Å²) in [6, 6.07) is 5.86. The quantitative estimate of drug-likeness (QED) is 0.835. The number of halogens is 2. The molecule has 1 aromatic carbocycles. The highest BCUT2D eigenvalue weighted by Crippen LogP contribution is 2.34. The van der Waals surface area contributed by atoms with Crippen LogP contribution in [0, 0.1) is 5.92 Å². The Morgan fingerprint density at radius 3 is 2.20 bits per heavy atom. The van der Waals surface area contributed by atoms with Gasteiger partial charge >= 0.3 is 0 Å². The first kappa shape index (κ1) is 12.8. The molecule has 1 rings (SSSR count). The Hall–Kier alpha value is -0.240. The molecule has 0 saturated heterocycles. The van der Waals surface area contributed by atoms with E-state index >= 15 is 0 Å². The molecular formula is C12H17Cl2N. The molecular weight excluding hydrogens is 229 g/mol. The highest BCUT2D eigenvalue weighted by molar-refractivity contribution is 6.36. The zero-order chi connectivity index (χ0) is 11.4. The molecule has 0 bridgehead atoms. The molecule has 3 heteroatoms. The van der Waals surface area contributed by atoms with Crippen LogP contribution in [0.15, 0.2) is 18.2 Å². The van der Waals surface area contributed by atoms with Crippen molar-refractivity contribution in [1.29, 1.82) is 0 Å². The third-order valence-corrected chi connectivity index (χ3v) is 3.49. The maximum atomic E-state index is 6.18. The van der Waals surface area contributed by atoms with E-state index in [9.17, 15) is 0 Å². The van der Waals surface area contributed by atoms with Crippen LogP contribution < -0.4 is 5.32 Å². The lowest BCUT2D eigenvalue weighted by Crippen LogP contribution is -2.23. The van der Waals surface area contributed by atoms with Crippen LogP contribution in [0.5, 0.6) is 0 Å². The van der Waals surface area contributed by atoms with E-state index in [1.54, 1.807) is 0 Å². The second-order valence-corrected chi connectivity index (χ2v) is 4.60. The molecule has 0 amide bonds. The molecule has 0 heterocycles. The SMILES string of the molecule is CCC(C)C(NC)c1c(Cl)cccc1Cl. The highest BCUT2D eigenvalue weighted by Gasteiger charge is 2.20. The molecule has 0 spiro atoms. The first-order valence-electron chi connectivity index (χ1n) is 5.23. The monoisotopic (exact) mass is 245 g/mol. The van der Waals surface area contributed by atoms with Gasteiger partial charge in [0.15, 0.2) is 0 Å². The minimum absolute atomic E-state index is 0.219. The maximum absolute atomic E-state index is 6.18. The van der Waals surface area contributed by atoms with Crippen LogP contribution in [0.2, 0.25) is 10.0 Å². The number of nitrogens with one attached hydrogen (secondary N) is 1. The molecule has 84 valence electrons. The van der Waals surface area contributed by atoms with Crippen molar-refractivity contribution in [1.82, 2.24) is 5.32 Å². The molecule has 2 unspecified atom stereocenters. The lowest BCUT2D eigenvalue weighted by molar-refractivity contribution is 0.401. The fourth-order valence-electron chi connectivity index (χ4n) is 1.76. The molecule has 0 aliphatic rings. The van der Waals surface area contributed by atoms with Crippen LogP contribution >= 0.6 is 23.2 Å². The molecule has 1 N–H and O–H groups in total. The summed E-state index contributed by atoms with van der Waals surface area (Å²) in [6.07, 6.45) is 1.09. The largest absolute Gasteiger partial charge is 0.313 e. The van der Waals surface area contributed by atoms with E-state index in [-0.39, 0.29) is 6.04 Å². The van der Waals surface area contributed by atoms with Gasteiger partial charge in [-0.3, -0.25) is 0 Å². The molecule has 1 aromatic rings. The van der Waals surface area contributed by atoms with Gasteiger partial charge in [0, 0.05) is 21.7 Å². The van der Waals surface area contributed by atoms with E-state index in [0.717, 1.165) is 22.0 Å². The zero-order valence-corrected chi connectivity index (χ0v) is 10.9. The number of rotatable bonds is 4. The number of benzene rings is 1. The second-order valence-electron chi connectivity index (χ2n) is 3.79. The molecule has 0 saturated carbocycles. The summed E-state index contributed by atoms with van der Waals surface area (Å²) >= 11 is 12.4. The van der Waals surface area contributed by atoms with Crippen LogP contribution in [0.3, 0.4) is 0 Å². The van der Waals surface area contributed by atoms with E-state index in [4.69, 9.17) is 23.2 Å². The zero-order valence-electron chi connectivity index (χ0n) is 9.35. The standard InChI is InChI=1S/C12H17Cl2N/c1-4-8(2)12(15-3)11-9(13)6-5-7-10(11)14/h5-8,12,15H,4H2,1-3H3. The summed E-state index contributed by atoms with van der Waals surface area (Å²) in [4.78, 5) is 0. The Morgan fingerprint density at radius 1 is 1.27 bits per heavy atom. The topological polar surface area (TPSA) is 12.0 Å². The first-order chi connectivity index (χ1) is 7.11. The lowest BCUT2D eigenvalue weighted by atomic mass is 9.92. The average molecular weight is 246 g/mol. The number of hydrogen-bond donors (Lipinski definition) is 1. The average Bonchev–Trinajstić information content (AvgIpc) is 2.22. The Kier molecular flexibility index (Phi) is 4.91. The Morgan fingerprint density at radius 2 is 1.80 bits per heavy atom. The Labute approximate surface area is 102 Å². The van der Waals surface area contributed by atoms with Crippen molar-refractivity contribution in [3.05, 3.63) is 33.8 Å². The van der Waals surface area contributed by atoms with E-state index in [1.165, 1.54) is 0 Å². The van der Waals surface area contributed by atoms with Crippen molar-refractivity contribution in [3.8, 4) is 0 Å². The van der Waals surface area contributed by atoms with Gasteiger partial charge < -0.3 is 5.32 Å². The molecule has 0 fully saturated rings. The molecule has 0 aromatic heterocycles. The van der Waals surface area contributed by atoms with Crippen LogP contribution in [0.1, 0.15) is 31.9 Å². The van der Waals surface area contributed by atoms with E-state index in [0.29, 0.717) is 5.92 Å². The van der Waals surface area contributed by atoms with E-state index < -0.39 is 0 Å². The van der Waals surface area contributed by atoms with Gasteiger partial charge in [-0.1, -0.05) is 49.5 Å². The van der Waals surface area contributed by atoms with Gasteiger partial charge in [0.05, 0.1) is 0 Å². The van der Waals surface area contributed by atoms with Gasteiger partial charge in [-0.05, 0) is 25.1 Å². The molecule has 0 aliphatic heterocycles. The van der Waals surface area contributed by atoms with Crippen LogP contribution in [-0.4, -0.2) is 7.05 Å². The van der Waals surface area contributed by atoms with Gasteiger partial charge in [-0.15, -0.1) is 0 Å². The van der Waals surface area contributed by atoms with Gasteiger partial charge in [-0.25, -0.2) is 0 Å². The highest BCUT2D eigenvalue weighted by atomic mass is 35.5. The van der Waals surface area contributed by atoms with E-state index in [1.807, 2.05) is 25.2 Å². The lowest BCUT2D eigenvalue weighted by Gasteiger charge is -2.24. The summed E-state index contributed by atoms with van der Waals surface area (Å²) in [5.41, 5.74) is 1.01. The van der Waals surface area contributed by atoms with Crippen LogP contribution in [-0.2, 0) is 0 Å². The first-order valence-corrected chi connectivity index (χ1v) is 5.98. The van der Waals surface area contributed by atoms with Gasteiger partial charge in [0.1, 0.15) is 0 Å². The molecule has 2 atom stereocenters. The van der Waals surface area contributed by atoms with Gasteiger partial charge in [0.25, 0.3) is 0 Å². The van der Waals surface area contributed by atoms with Crippen molar-refractivity contribution in [2.45, 2.75) is 26.3 Å².